The van der Waals surface area contributed by atoms with E-state index in [0.29, 0.717) is 6.04 Å². The molecule has 0 saturated carbocycles. The van der Waals surface area contributed by atoms with E-state index < -0.39 is 0 Å². The highest BCUT2D eigenvalue weighted by Gasteiger charge is 2.23. The maximum atomic E-state index is 2.55. The third-order valence-corrected chi connectivity index (χ3v) is 10.4. The van der Waals surface area contributed by atoms with E-state index in [1.807, 2.05) is 0 Å². The van der Waals surface area contributed by atoms with Gasteiger partial charge in [0.2, 0.25) is 0 Å². The Labute approximate surface area is 288 Å². The summed E-state index contributed by atoms with van der Waals surface area (Å²) in [5.74, 6) is 0. The van der Waals surface area contributed by atoms with Crippen LogP contribution in [-0.2, 0) is 6.42 Å². The highest BCUT2D eigenvalue weighted by Crippen LogP contribution is 2.37. The predicted octanol–water partition coefficient (Wildman–Crippen LogP) is 12.4. The van der Waals surface area contributed by atoms with Crippen LogP contribution in [-0.4, -0.2) is 6.04 Å². The Morgan fingerprint density at radius 3 is 2.04 bits per heavy atom. The fourth-order valence-electron chi connectivity index (χ4n) is 7.86. The van der Waals surface area contributed by atoms with E-state index in [-0.39, 0.29) is 0 Å². The van der Waals surface area contributed by atoms with Crippen LogP contribution in [0.2, 0.25) is 0 Å². The first-order chi connectivity index (χ1) is 23.6. The number of rotatable bonds is 10. The number of aryl methyl sites for hydroxylation is 3. The van der Waals surface area contributed by atoms with Gasteiger partial charge in [-0.1, -0.05) is 96.6 Å². The maximum Gasteiger partial charge on any atom is 0.0556 e. The van der Waals surface area contributed by atoms with Crippen molar-refractivity contribution in [1.82, 2.24) is 0 Å². The van der Waals surface area contributed by atoms with Crippen LogP contribution < -0.4 is 9.80 Å². The lowest BCUT2D eigenvalue weighted by Gasteiger charge is -2.35. The van der Waals surface area contributed by atoms with Crippen molar-refractivity contribution in [2.75, 3.05) is 9.80 Å². The molecule has 0 amide bonds. The molecular formula is C46H50N2. The van der Waals surface area contributed by atoms with E-state index in [4.69, 9.17) is 0 Å². The molecule has 0 aromatic heterocycles. The van der Waals surface area contributed by atoms with Crippen LogP contribution in [0.3, 0.4) is 0 Å². The van der Waals surface area contributed by atoms with E-state index in [9.17, 15) is 0 Å². The van der Waals surface area contributed by atoms with E-state index in [2.05, 4.69) is 151 Å². The van der Waals surface area contributed by atoms with Gasteiger partial charge in [-0.2, -0.15) is 0 Å². The van der Waals surface area contributed by atoms with Crippen LogP contribution in [0, 0.1) is 13.8 Å². The third kappa shape index (κ3) is 7.29. The van der Waals surface area contributed by atoms with Crippen LogP contribution in [0.25, 0.3) is 11.1 Å². The minimum absolute atomic E-state index is 0.354. The summed E-state index contributed by atoms with van der Waals surface area (Å²) < 4.78 is 0. The first kappa shape index (κ1) is 32.0. The van der Waals surface area contributed by atoms with Crippen LogP contribution in [0.5, 0.6) is 0 Å². The fourth-order valence-corrected chi connectivity index (χ4v) is 7.86. The van der Waals surface area contributed by atoms with Gasteiger partial charge in [0.1, 0.15) is 0 Å². The molecule has 48 heavy (non-hydrogen) atoms. The van der Waals surface area contributed by atoms with E-state index in [1.165, 1.54) is 81.1 Å². The Morgan fingerprint density at radius 1 is 0.646 bits per heavy atom. The third-order valence-electron chi connectivity index (χ3n) is 10.4. The molecule has 0 spiro atoms. The highest BCUT2D eigenvalue weighted by molar-refractivity contribution is 5.74. The molecule has 0 fully saturated rings. The van der Waals surface area contributed by atoms with Gasteiger partial charge in [-0.15, -0.1) is 0 Å². The molecule has 0 bridgehead atoms. The zero-order valence-electron chi connectivity index (χ0n) is 28.9. The van der Waals surface area contributed by atoms with Crippen molar-refractivity contribution in [2.45, 2.75) is 90.5 Å². The Balaban J connectivity index is 1.03. The van der Waals surface area contributed by atoms with Gasteiger partial charge in [0.05, 0.1) is 6.04 Å². The molecule has 3 aromatic rings. The monoisotopic (exact) mass is 630 g/mol. The molecule has 4 aliphatic rings. The van der Waals surface area contributed by atoms with Crippen molar-refractivity contribution < 1.29 is 0 Å². The molecule has 0 saturated heterocycles. The molecule has 244 valence electrons. The number of allylic oxidation sites excluding steroid dienone is 12. The molecular weight excluding hydrogens is 581 g/mol. The molecule has 2 heteroatoms. The molecule has 0 N–H and O–H groups in total. The standard InChI is InChI=1S/C46H50N2/c1-35-33-38(24-23-37-25-28-43(29-26-37)47(39-15-7-3-8-16-39)40-17-9-4-10-18-40)27-31-45(35)46-32-30-44(34-36(46)2)48(41-19-11-5-12-20-41)42-21-13-6-14-22-42/h3-5,7-9,11,15-17,19,21,25-28,30-34,43H,6,10,12-14,18,20,22-24,29H2,1-2H3. The number of benzene rings is 3. The van der Waals surface area contributed by atoms with Crippen molar-refractivity contribution in [3.8, 4) is 11.1 Å². The van der Waals surface area contributed by atoms with Gasteiger partial charge >= 0.3 is 0 Å². The average molecular weight is 631 g/mol. The summed E-state index contributed by atoms with van der Waals surface area (Å²) >= 11 is 0. The molecule has 1 atom stereocenters. The van der Waals surface area contributed by atoms with Crippen molar-refractivity contribution in [3.63, 3.8) is 0 Å². The van der Waals surface area contributed by atoms with E-state index in [1.54, 1.807) is 0 Å². The second-order valence-electron chi connectivity index (χ2n) is 13.8. The zero-order valence-corrected chi connectivity index (χ0v) is 28.9. The molecule has 4 aliphatic carbocycles. The molecule has 3 aromatic carbocycles. The first-order valence-electron chi connectivity index (χ1n) is 18.3. The quantitative estimate of drug-likeness (QED) is 0.220. The van der Waals surface area contributed by atoms with Gasteiger partial charge in [0.25, 0.3) is 0 Å². The lowest BCUT2D eigenvalue weighted by molar-refractivity contribution is 0.680. The van der Waals surface area contributed by atoms with Crippen molar-refractivity contribution in [3.05, 3.63) is 167 Å². The summed E-state index contributed by atoms with van der Waals surface area (Å²) in [5.41, 5.74) is 15.1. The van der Waals surface area contributed by atoms with E-state index in [0.717, 1.165) is 51.4 Å². The second kappa shape index (κ2) is 15.1. The molecule has 7 rings (SSSR count). The Kier molecular flexibility index (Phi) is 10.1. The van der Waals surface area contributed by atoms with Gasteiger partial charge in [0, 0.05) is 28.5 Å². The van der Waals surface area contributed by atoms with Crippen LogP contribution >= 0.6 is 0 Å². The fraction of sp³-hybridized carbons (Fsp3) is 0.304. The summed E-state index contributed by atoms with van der Waals surface area (Å²) in [5, 5.41) is 0. The van der Waals surface area contributed by atoms with Crippen molar-refractivity contribution in [2.24, 2.45) is 0 Å². The predicted molar refractivity (Wildman–Crippen MR) is 206 cm³/mol. The van der Waals surface area contributed by atoms with Crippen LogP contribution in [0.15, 0.2) is 150 Å². The van der Waals surface area contributed by atoms with E-state index >= 15 is 0 Å². The summed E-state index contributed by atoms with van der Waals surface area (Å²) in [6.07, 6.45) is 35.9. The van der Waals surface area contributed by atoms with Crippen molar-refractivity contribution in [1.29, 1.82) is 0 Å². The number of hydrogen-bond donors (Lipinski definition) is 0. The molecule has 0 radical (unpaired) electrons. The number of hydrogen-bond acceptors (Lipinski definition) is 2. The van der Waals surface area contributed by atoms with Crippen molar-refractivity contribution >= 4 is 11.4 Å². The van der Waals surface area contributed by atoms with Gasteiger partial charge in [0.15, 0.2) is 0 Å². The number of nitrogens with zero attached hydrogens (tertiary/aromatic N) is 2. The minimum atomic E-state index is 0.354. The normalized spacial score (nSPS) is 18.9. The summed E-state index contributed by atoms with van der Waals surface area (Å²) in [4.78, 5) is 5.09. The second-order valence-corrected chi connectivity index (χ2v) is 13.8. The summed E-state index contributed by atoms with van der Waals surface area (Å²) in [7, 11) is 0. The largest absolute Gasteiger partial charge is 0.338 e. The molecule has 0 heterocycles. The minimum Gasteiger partial charge on any atom is -0.338 e. The topological polar surface area (TPSA) is 6.48 Å². The first-order valence-corrected chi connectivity index (χ1v) is 18.3. The smallest absolute Gasteiger partial charge is 0.0556 e. The lowest BCUT2D eigenvalue weighted by atomic mass is 9.92. The summed E-state index contributed by atoms with van der Waals surface area (Å²) in [6.45, 7) is 4.56. The lowest BCUT2D eigenvalue weighted by Crippen LogP contribution is -2.34. The zero-order chi connectivity index (χ0) is 32.7. The van der Waals surface area contributed by atoms with Gasteiger partial charge < -0.3 is 9.80 Å². The van der Waals surface area contributed by atoms with Gasteiger partial charge in [-0.3, -0.25) is 0 Å². The molecule has 1 unspecified atom stereocenters. The Morgan fingerprint density at radius 2 is 1.40 bits per heavy atom. The van der Waals surface area contributed by atoms with Gasteiger partial charge in [-0.25, -0.2) is 0 Å². The Hall–Kier alpha value is -4.56. The summed E-state index contributed by atoms with van der Waals surface area (Å²) in [6, 6.07) is 25.5. The highest BCUT2D eigenvalue weighted by atomic mass is 15.2. The SMILES string of the molecule is Cc1cc(CCC2=CCC(N(C3=CC=CCC3)c3ccccc3)C=C2)ccc1-c1ccc(N(C2=CC=CCC2)C2=CCCCC2)cc1C. The molecule has 2 nitrogen and oxygen atoms in total. The number of para-hydroxylation sites is 1. The Bertz CT molecular complexity index is 1830. The average Bonchev–Trinajstić information content (AvgIpc) is 3.14. The van der Waals surface area contributed by atoms with Crippen LogP contribution in [0.4, 0.5) is 11.4 Å². The van der Waals surface area contributed by atoms with Gasteiger partial charge in [-0.05, 0) is 149 Å². The van der Waals surface area contributed by atoms with Crippen LogP contribution in [0.1, 0.15) is 80.9 Å². The number of anilines is 2. The maximum absolute atomic E-state index is 2.55. The molecule has 0 aliphatic heterocycles.